The molecule has 0 aliphatic rings. The van der Waals surface area contributed by atoms with E-state index in [1.807, 2.05) is 22.9 Å². The molecule has 0 aliphatic heterocycles. The van der Waals surface area contributed by atoms with E-state index in [-0.39, 0.29) is 5.78 Å². The summed E-state index contributed by atoms with van der Waals surface area (Å²) in [4.78, 5) is 13.1. The van der Waals surface area contributed by atoms with Crippen LogP contribution in [0.4, 0.5) is 0 Å². The van der Waals surface area contributed by atoms with Crippen LogP contribution in [0.2, 0.25) is 0 Å². The Kier molecular flexibility index (Phi) is 4.42. The van der Waals surface area contributed by atoms with Crippen molar-refractivity contribution in [1.82, 2.24) is 0 Å². The maximum atomic E-state index is 12.0. The standard InChI is InChI=1S/C13H11BrOS2/c1-9-4-2-3-5-13(9)17-8-12(15)10-6-16-7-11(10)14/h2-7H,8H2,1H3. The highest BCUT2D eigenvalue weighted by molar-refractivity contribution is 9.10. The van der Waals surface area contributed by atoms with E-state index in [9.17, 15) is 4.79 Å². The predicted octanol–water partition coefficient (Wildman–Crippen LogP) is 4.79. The molecule has 88 valence electrons. The third kappa shape index (κ3) is 3.21. The lowest BCUT2D eigenvalue weighted by Gasteiger charge is -2.04. The van der Waals surface area contributed by atoms with Gasteiger partial charge in [-0.1, -0.05) is 18.2 Å². The maximum absolute atomic E-state index is 12.0. The second-order valence-corrected chi connectivity index (χ2v) is 6.23. The molecule has 0 atom stereocenters. The summed E-state index contributed by atoms with van der Waals surface area (Å²) in [6.07, 6.45) is 0. The number of thiophene rings is 1. The average Bonchev–Trinajstić information content (AvgIpc) is 2.74. The van der Waals surface area contributed by atoms with Gasteiger partial charge in [-0.2, -0.15) is 11.3 Å². The number of benzene rings is 1. The Morgan fingerprint density at radius 1 is 1.35 bits per heavy atom. The van der Waals surface area contributed by atoms with Crippen LogP contribution in [0.5, 0.6) is 0 Å². The molecule has 0 N–H and O–H groups in total. The first-order chi connectivity index (χ1) is 8.18. The van der Waals surface area contributed by atoms with Gasteiger partial charge < -0.3 is 0 Å². The highest BCUT2D eigenvalue weighted by Gasteiger charge is 2.11. The van der Waals surface area contributed by atoms with Gasteiger partial charge in [0.25, 0.3) is 0 Å². The van der Waals surface area contributed by atoms with Crippen molar-refractivity contribution < 1.29 is 4.79 Å². The van der Waals surface area contributed by atoms with E-state index >= 15 is 0 Å². The molecule has 0 bridgehead atoms. The Bertz CT molecular complexity index is 534. The second kappa shape index (κ2) is 5.85. The van der Waals surface area contributed by atoms with Gasteiger partial charge in [0.15, 0.2) is 5.78 Å². The Morgan fingerprint density at radius 2 is 2.12 bits per heavy atom. The predicted molar refractivity (Wildman–Crippen MR) is 78.3 cm³/mol. The first-order valence-electron chi connectivity index (χ1n) is 5.12. The number of thioether (sulfide) groups is 1. The zero-order valence-electron chi connectivity index (χ0n) is 9.27. The molecule has 0 saturated heterocycles. The summed E-state index contributed by atoms with van der Waals surface area (Å²) in [5.41, 5.74) is 2.01. The fourth-order valence-electron chi connectivity index (χ4n) is 1.42. The van der Waals surface area contributed by atoms with Gasteiger partial charge in [-0.3, -0.25) is 4.79 Å². The number of hydrogen-bond donors (Lipinski definition) is 0. The van der Waals surface area contributed by atoms with Crippen molar-refractivity contribution in [2.75, 3.05) is 5.75 Å². The van der Waals surface area contributed by atoms with Crippen molar-refractivity contribution in [3.63, 3.8) is 0 Å². The van der Waals surface area contributed by atoms with Crippen LogP contribution in [0.25, 0.3) is 0 Å². The summed E-state index contributed by atoms with van der Waals surface area (Å²) in [6, 6.07) is 8.13. The number of hydrogen-bond acceptors (Lipinski definition) is 3. The maximum Gasteiger partial charge on any atom is 0.175 e. The minimum absolute atomic E-state index is 0.173. The SMILES string of the molecule is Cc1ccccc1SCC(=O)c1cscc1Br. The Morgan fingerprint density at radius 3 is 2.76 bits per heavy atom. The van der Waals surface area contributed by atoms with Crippen molar-refractivity contribution in [2.24, 2.45) is 0 Å². The van der Waals surface area contributed by atoms with Crippen LogP contribution in [0.3, 0.4) is 0 Å². The summed E-state index contributed by atoms with van der Waals surface area (Å²) in [5.74, 6) is 0.659. The van der Waals surface area contributed by atoms with Crippen LogP contribution in [-0.4, -0.2) is 11.5 Å². The van der Waals surface area contributed by atoms with E-state index < -0.39 is 0 Å². The number of ketones is 1. The van der Waals surface area contributed by atoms with Gasteiger partial charge in [0.2, 0.25) is 0 Å². The van der Waals surface area contributed by atoms with Gasteiger partial charge in [-0.05, 0) is 34.5 Å². The Hall–Kier alpha value is -0.580. The van der Waals surface area contributed by atoms with Gasteiger partial charge in [0.1, 0.15) is 0 Å². The first-order valence-corrected chi connectivity index (χ1v) is 7.84. The summed E-state index contributed by atoms with van der Waals surface area (Å²) in [7, 11) is 0. The first kappa shape index (κ1) is 12.9. The molecule has 0 unspecified atom stereocenters. The molecule has 0 spiro atoms. The molecular formula is C13H11BrOS2. The van der Waals surface area contributed by atoms with Gasteiger partial charge in [-0.25, -0.2) is 0 Å². The lowest BCUT2D eigenvalue weighted by Crippen LogP contribution is -2.01. The Labute approximate surface area is 117 Å². The summed E-state index contributed by atoms with van der Waals surface area (Å²) >= 11 is 6.53. The van der Waals surface area contributed by atoms with Crippen LogP contribution in [0.15, 0.2) is 44.4 Å². The molecule has 1 heterocycles. The number of aryl methyl sites for hydroxylation is 1. The summed E-state index contributed by atoms with van der Waals surface area (Å²) in [6.45, 7) is 2.06. The van der Waals surface area contributed by atoms with E-state index in [1.165, 1.54) is 10.5 Å². The molecule has 0 saturated carbocycles. The van der Waals surface area contributed by atoms with E-state index in [0.29, 0.717) is 5.75 Å². The van der Waals surface area contributed by atoms with Gasteiger partial charge in [-0.15, -0.1) is 11.8 Å². The van der Waals surface area contributed by atoms with Crippen molar-refractivity contribution >= 4 is 44.8 Å². The Balaban J connectivity index is 2.02. The van der Waals surface area contributed by atoms with Crippen molar-refractivity contribution in [1.29, 1.82) is 0 Å². The molecule has 0 amide bonds. The molecule has 0 radical (unpaired) electrons. The normalized spacial score (nSPS) is 10.5. The summed E-state index contributed by atoms with van der Waals surface area (Å²) in [5, 5.41) is 3.83. The molecule has 0 fully saturated rings. The van der Waals surface area contributed by atoms with Gasteiger partial charge in [0, 0.05) is 25.7 Å². The molecule has 17 heavy (non-hydrogen) atoms. The zero-order valence-corrected chi connectivity index (χ0v) is 12.5. The molecule has 1 aromatic carbocycles. The molecule has 1 nitrogen and oxygen atoms in total. The second-order valence-electron chi connectivity index (χ2n) is 3.61. The van der Waals surface area contributed by atoms with E-state index in [1.54, 1.807) is 23.1 Å². The van der Waals surface area contributed by atoms with Crippen LogP contribution >= 0.6 is 39.0 Å². The molecule has 2 rings (SSSR count). The summed E-state index contributed by atoms with van der Waals surface area (Å²) < 4.78 is 0.901. The number of carbonyl (C=O) groups excluding carboxylic acids is 1. The topological polar surface area (TPSA) is 17.1 Å². The molecule has 1 aromatic heterocycles. The van der Waals surface area contributed by atoms with Crippen molar-refractivity contribution in [3.8, 4) is 0 Å². The van der Waals surface area contributed by atoms with Crippen molar-refractivity contribution in [2.45, 2.75) is 11.8 Å². The largest absolute Gasteiger partial charge is 0.293 e. The number of rotatable bonds is 4. The minimum atomic E-state index is 0.173. The quantitative estimate of drug-likeness (QED) is 0.593. The third-order valence-corrected chi connectivity index (χ3v) is 5.25. The molecular weight excluding hydrogens is 316 g/mol. The van der Waals surface area contributed by atoms with E-state index in [0.717, 1.165) is 10.0 Å². The molecule has 0 aliphatic carbocycles. The number of Topliss-reactive ketones (excluding diaryl/α,β-unsaturated/α-hetero) is 1. The molecule has 4 heteroatoms. The lowest BCUT2D eigenvalue weighted by molar-refractivity contribution is 0.102. The van der Waals surface area contributed by atoms with E-state index in [2.05, 4.69) is 35.0 Å². The smallest absolute Gasteiger partial charge is 0.175 e. The lowest BCUT2D eigenvalue weighted by atomic mass is 10.2. The van der Waals surface area contributed by atoms with Crippen LogP contribution < -0.4 is 0 Å². The molecule has 2 aromatic rings. The number of carbonyl (C=O) groups is 1. The van der Waals surface area contributed by atoms with E-state index in [4.69, 9.17) is 0 Å². The average molecular weight is 327 g/mol. The monoisotopic (exact) mass is 326 g/mol. The van der Waals surface area contributed by atoms with Crippen LogP contribution in [-0.2, 0) is 0 Å². The van der Waals surface area contributed by atoms with Gasteiger partial charge in [0.05, 0.1) is 5.75 Å². The fourth-order valence-corrected chi connectivity index (χ4v) is 3.85. The highest BCUT2D eigenvalue weighted by Crippen LogP contribution is 2.26. The van der Waals surface area contributed by atoms with Crippen LogP contribution in [0, 0.1) is 6.92 Å². The fraction of sp³-hybridized carbons (Fsp3) is 0.154. The minimum Gasteiger partial charge on any atom is -0.293 e. The third-order valence-electron chi connectivity index (χ3n) is 2.37. The van der Waals surface area contributed by atoms with Gasteiger partial charge >= 0.3 is 0 Å². The van der Waals surface area contributed by atoms with Crippen LogP contribution in [0.1, 0.15) is 15.9 Å². The zero-order chi connectivity index (χ0) is 12.3. The highest BCUT2D eigenvalue weighted by atomic mass is 79.9. The number of halogens is 1. The van der Waals surface area contributed by atoms with Crippen molar-refractivity contribution in [3.05, 3.63) is 50.6 Å².